The van der Waals surface area contributed by atoms with Gasteiger partial charge in [-0.25, -0.2) is 4.79 Å². The Kier molecular flexibility index (Phi) is 6.16. The number of nitrogens with two attached hydrogens (primary N) is 1. The molecule has 2 aromatic rings. The Labute approximate surface area is 165 Å². The summed E-state index contributed by atoms with van der Waals surface area (Å²) < 4.78 is 0. The van der Waals surface area contributed by atoms with Crippen LogP contribution in [0.2, 0.25) is 0 Å². The summed E-state index contributed by atoms with van der Waals surface area (Å²) in [7, 11) is 2.09. The summed E-state index contributed by atoms with van der Waals surface area (Å²) in [5.74, 6) is -0.217. The Bertz CT molecular complexity index is 842. The first-order chi connectivity index (χ1) is 13.4. The standard InChI is InChI=1S/C21H27N5O2/c1-14-3-4-15(22)13-19(14)20(27)23-16-5-7-17(8-6-16)24-21(28)25-18-9-11-26(2)12-10-18/h3-8,13,18H,9-12,22H2,1-2H3,(H,23,27)(H2,24,25,28). The van der Waals surface area contributed by atoms with E-state index in [0.29, 0.717) is 22.6 Å². The van der Waals surface area contributed by atoms with Gasteiger partial charge in [-0.05, 0) is 81.9 Å². The molecule has 0 saturated carbocycles. The number of nitrogen functional groups attached to an aromatic ring is 1. The zero-order chi connectivity index (χ0) is 20.1. The van der Waals surface area contributed by atoms with Crippen molar-refractivity contribution >= 4 is 29.0 Å². The number of amides is 3. The van der Waals surface area contributed by atoms with Gasteiger partial charge in [0.2, 0.25) is 0 Å². The van der Waals surface area contributed by atoms with Crippen LogP contribution in [-0.2, 0) is 0 Å². The zero-order valence-corrected chi connectivity index (χ0v) is 16.3. The molecule has 3 amide bonds. The van der Waals surface area contributed by atoms with Crippen LogP contribution in [-0.4, -0.2) is 43.0 Å². The van der Waals surface area contributed by atoms with Crippen molar-refractivity contribution in [1.82, 2.24) is 10.2 Å². The van der Waals surface area contributed by atoms with Gasteiger partial charge in [-0.1, -0.05) is 6.07 Å². The van der Waals surface area contributed by atoms with E-state index in [2.05, 4.69) is 27.9 Å². The van der Waals surface area contributed by atoms with E-state index >= 15 is 0 Å². The van der Waals surface area contributed by atoms with Crippen molar-refractivity contribution in [2.45, 2.75) is 25.8 Å². The number of nitrogens with one attached hydrogen (secondary N) is 3. The van der Waals surface area contributed by atoms with E-state index in [9.17, 15) is 9.59 Å². The lowest BCUT2D eigenvalue weighted by molar-refractivity contribution is 0.102. The van der Waals surface area contributed by atoms with Crippen LogP contribution in [0.15, 0.2) is 42.5 Å². The molecule has 1 aliphatic rings. The van der Waals surface area contributed by atoms with E-state index in [0.717, 1.165) is 31.5 Å². The third kappa shape index (κ3) is 5.23. The predicted octanol–water partition coefficient (Wildman–Crippen LogP) is 3.05. The summed E-state index contributed by atoms with van der Waals surface area (Å²) in [6.07, 6.45) is 1.91. The Balaban J connectivity index is 1.54. The molecule has 3 rings (SSSR count). The second-order valence-corrected chi connectivity index (χ2v) is 7.28. The van der Waals surface area contributed by atoms with Gasteiger partial charge < -0.3 is 26.6 Å². The van der Waals surface area contributed by atoms with Crippen LogP contribution in [0.25, 0.3) is 0 Å². The van der Waals surface area contributed by atoms with Gasteiger partial charge in [0.15, 0.2) is 0 Å². The molecule has 1 heterocycles. The molecule has 0 radical (unpaired) electrons. The summed E-state index contributed by atoms with van der Waals surface area (Å²) >= 11 is 0. The number of piperidine rings is 1. The average molecular weight is 381 g/mol. The maximum absolute atomic E-state index is 12.4. The van der Waals surface area contributed by atoms with Crippen molar-refractivity contribution in [3.63, 3.8) is 0 Å². The number of hydrogen-bond donors (Lipinski definition) is 4. The number of carbonyl (C=O) groups is 2. The fourth-order valence-corrected chi connectivity index (χ4v) is 3.23. The Morgan fingerprint density at radius 1 is 1.00 bits per heavy atom. The number of rotatable bonds is 4. The van der Waals surface area contributed by atoms with Crippen molar-refractivity contribution in [3.8, 4) is 0 Å². The quantitative estimate of drug-likeness (QED) is 0.612. The van der Waals surface area contributed by atoms with Crippen LogP contribution >= 0.6 is 0 Å². The number of aryl methyl sites for hydroxylation is 1. The highest BCUT2D eigenvalue weighted by Crippen LogP contribution is 2.18. The van der Waals surface area contributed by atoms with E-state index in [1.54, 1.807) is 36.4 Å². The molecule has 1 fully saturated rings. The topological polar surface area (TPSA) is 99.5 Å². The minimum absolute atomic E-state index is 0.205. The number of benzene rings is 2. The monoisotopic (exact) mass is 381 g/mol. The number of urea groups is 1. The Hall–Kier alpha value is -3.06. The maximum atomic E-state index is 12.4. The van der Waals surface area contributed by atoms with Gasteiger partial charge in [-0.15, -0.1) is 0 Å². The van der Waals surface area contributed by atoms with Gasteiger partial charge >= 0.3 is 6.03 Å². The summed E-state index contributed by atoms with van der Waals surface area (Å²) in [5.41, 5.74) is 9.03. The highest BCUT2D eigenvalue weighted by Gasteiger charge is 2.18. The maximum Gasteiger partial charge on any atom is 0.319 e. The molecule has 148 valence electrons. The molecule has 0 aromatic heterocycles. The summed E-state index contributed by atoms with van der Waals surface area (Å²) in [6.45, 7) is 3.85. The number of likely N-dealkylation sites (tertiary alicyclic amines) is 1. The van der Waals surface area contributed by atoms with E-state index in [-0.39, 0.29) is 18.0 Å². The van der Waals surface area contributed by atoms with Gasteiger partial charge in [0.05, 0.1) is 0 Å². The van der Waals surface area contributed by atoms with Gasteiger partial charge in [0.25, 0.3) is 5.91 Å². The van der Waals surface area contributed by atoms with Crippen LogP contribution in [0.5, 0.6) is 0 Å². The normalized spacial score (nSPS) is 15.1. The van der Waals surface area contributed by atoms with E-state index in [4.69, 9.17) is 5.73 Å². The molecule has 0 unspecified atom stereocenters. The number of hydrogen-bond acceptors (Lipinski definition) is 4. The van der Waals surface area contributed by atoms with Crippen molar-refractivity contribution in [2.24, 2.45) is 0 Å². The molecule has 0 spiro atoms. The molecule has 0 bridgehead atoms. The molecule has 2 aromatic carbocycles. The van der Waals surface area contributed by atoms with Crippen LogP contribution < -0.4 is 21.7 Å². The average Bonchev–Trinajstić information content (AvgIpc) is 2.67. The number of nitrogens with zero attached hydrogens (tertiary/aromatic N) is 1. The molecular weight excluding hydrogens is 354 g/mol. The molecule has 7 heteroatoms. The van der Waals surface area contributed by atoms with Crippen molar-refractivity contribution in [1.29, 1.82) is 0 Å². The van der Waals surface area contributed by atoms with Crippen molar-refractivity contribution in [2.75, 3.05) is 36.5 Å². The molecule has 0 aliphatic carbocycles. The Morgan fingerprint density at radius 2 is 1.61 bits per heavy atom. The first-order valence-corrected chi connectivity index (χ1v) is 9.44. The van der Waals surface area contributed by atoms with Crippen LogP contribution in [0.3, 0.4) is 0 Å². The van der Waals surface area contributed by atoms with E-state index in [1.807, 2.05) is 13.0 Å². The zero-order valence-electron chi connectivity index (χ0n) is 16.3. The summed E-state index contributed by atoms with van der Waals surface area (Å²) in [6, 6.07) is 12.3. The van der Waals surface area contributed by atoms with Gasteiger partial charge in [0.1, 0.15) is 0 Å². The second-order valence-electron chi connectivity index (χ2n) is 7.28. The number of anilines is 3. The molecule has 1 saturated heterocycles. The molecule has 7 nitrogen and oxygen atoms in total. The van der Waals surface area contributed by atoms with E-state index < -0.39 is 0 Å². The minimum Gasteiger partial charge on any atom is -0.399 e. The lowest BCUT2D eigenvalue weighted by atomic mass is 10.1. The lowest BCUT2D eigenvalue weighted by Crippen LogP contribution is -2.44. The highest BCUT2D eigenvalue weighted by atomic mass is 16.2. The SMILES string of the molecule is Cc1ccc(N)cc1C(=O)Nc1ccc(NC(=O)NC2CCN(C)CC2)cc1. The van der Waals surface area contributed by atoms with E-state index in [1.165, 1.54) is 0 Å². The molecule has 5 N–H and O–H groups in total. The predicted molar refractivity (Wildman–Crippen MR) is 113 cm³/mol. The largest absolute Gasteiger partial charge is 0.399 e. The third-order valence-corrected chi connectivity index (χ3v) is 4.96. The van der Waals surface area contributed by atoms with Crippen LogP contribution in [0.4, 0.5) is 21.9 Å². The van der Waals surface area contributed by atoms with Crippen molar-refractivity contribution < 1.29 is 9.59 Å². The first-order valence-electron chi connectivity index (χ1n) is 9.44. The summed E-state index contributed by atoms with van der Waals surface area (Å²) in [4.78, 5) is 26.9. The molecule has 28 heavy (non-hydrogen) atoms. The fraction of sp³-hybridized carbons (Fsp3) is 0.333. The van der Waals surface area contributed by atoms with Crippen LogP contribution in [0, 0.1) is 6.92 Å². The lowest BCUT2D eigenvalue weighted by Gasteiger charge is -2.29. The Morgan fingerprint density at radius 3 is 2.25 bits per heavy atom. The van der Waals surface area contributed by atoms with Crippen LogP contribution in [0.1, 0.15) is 28.8 Å². The highest BCUT2D eigenvalue weighted by molar-refractivity contribution is 6.06. The number of carbonyl (C=O) groups excluding carboxylic acids is 2. The van der Waals surface area contributed by atoms with Gasteiger partial charge in [-0.2, -0.15) is 0 Å². The molecule has 0 atom stereocenters. The third-order valence-electron chi connectivity index (χ3n) is 4.96. The van der Waals surface area contributed by atoms with Crippen molar-refractivity contribution in [3.05, 3.63) is 53.6 Å². The molecule has 1 aliphatic heterocycles. The molecular formula is C21H27N5O2. The van der Waals surface area contributed by atoms with Gasteiger partial charge in [-0.3, -0.25) is 4.79 Å². The second kappa shape index (κ2) is 8.75. The minimum atomic E-state index is -0.217. The fourth-order valence-electron chi connectivity index (χ4n) is 3.23. The smallest absolute Gasteiger partial charge is 0.319 e. The summed E-state index contributed by atoms with van der Waals surface area (Å²) in [5, 5.41) is 8.69. The van der Waals surface area contributed by atoms with Gasteiger partial charge in [0, 0.05) is 28.7 Å². The first kappa shape index (κ1) is 19.7.